The van der Waals surface area contributed by atoms with Crippen molar-refractivity contribution in [1.82, 2.24) is 4.98 Å². The molecule has 2 aromatic heterocycles. The highest BCUT2D eigenvalue weighted by molar-refractivity contribution is 7.43. The molecule has 0 spiro atoms. The number of primary amides is 1. The van der Waals surface area contributed by atoms with E-state index >= 15 is 0 Å². The molecule has 1 amide bonds. The van der Waals surface area contributed by atoms with Gasteiger partial charge in [0, 0.05) is 29.6 Å². The van der Waals surface area contributed by atoms with Crippen LogP contribution in [0.1, 0.15) is 22.1 Å². The van der Waals surface area contributed by atoms with Crippen molar-refractivity contribution in [2.45, 2.75) is 37.0 Å². The number of fused-ring (bicyclic) bond motifs is 1. The fraction of sp³-hybridized carbons (Fsp3) is 0.318. The van der Waals surface area contributed by atoms with Crippen molar-refractivity contribution < 1.29 is 58.8 Å². The summed E-state index contributed by atoms with van der Waals surface area (Å²) in [6, 6.07) is 10.2. The molecule has 3 aromatic rings. The van der Waals surface area contributed by atoms with E-state index in [9.17, 15) is 34.2 Å². The molecule has 1 aromatic carbocycles. The van der Waals surface area contributed by atoms with Gasteiger partial charge in [-0.1, -0.05) is 18.2 Å². The largest absolute Gasteiger partial charge is 0.790 e. The summed E-state index contributed by atoms with van der Waals surface area (Å²) in [5.74, 6) is -1.55. The maximum Gasteiger partial charge on any atom is 0.362 e. The van der Waals surface area contributed by atoms with Crippen LogP contribution in [0.4, 0.5) is 0 Å². The Morgan fingerprint density at radius 1 is 1.22 bits per heavy atom. The van der Waals surface area contributed by atoms with Crippen LogP contribution < -0.4 is 25.8 Å². The number of nitrogens with one attached hydrogen (secondary N) is 1. The number of aliphatic hydroxyl groups excluding tert-OH is 2. The lowest BCUT2D eigenvalue weighted by molar-refractivity contribution is -0.765. The molecule has 4 rings (SSSR count). The fourth-order valence-electron chi connectivity index (χ4n) is 3.73. The first-order valence-electron chi connectivity index (χ1n) is 11.0. The van der Waals surface area contributed by atoms with Crippen molar-refractivity contribution >= 4 is 30.6 Å². The zero-order chi connectivity index (χ0) is 27.3. The first-order valence-corrected chi connectivity index (χ1v) is 12.4. The second-order valence-electron chi connectivity index (χ2n) is 8.29. The first-order chi connectivity index (χ1) is 17.4. The van der Waals surface area contributed by atoms with Crippen molar-refractivity contribution in [3.63, 3.8) is 0 Å². The highest BCUT2D eigenvalue weighted by Crippen LogP contribution is 2.30. The number of phosphoric ester groups is 1. The number of pyridine rings is 1. The molecule has 0 aliphatic carbocycles. The molecule has 200 valence electrons. The summed E-state index contributed by atoms with van der Waals surface area (Å²) in [7, 11) is -5.22. The minimum atomic E-state index is -5.22. The van der Waals surface area contributed by atoms with E-state index in [1.54, 1.807) is 0 Å². The highest BCUT2D eigenvalue weighted by Gasteiger charge is 2.48. The van der Waals surface area contributed by atoms with Gasteiger partial charge in [-0.25, -0.2) is 4.79 Å². The number of nitrogens with zero attached hydrogens (tertiary/aromatic N) is 1. The number of hydrogen-bond acceptors (Lipinski definition) is 9. The van der Waals surface area contributed by atoms with Gasteiger partial charge in [0.1, 0.15) is 17.8 Å². The van der Waals surface area contributed by atoms with Crippen LogP contribution in [0.15, 0.2) is 55.0 Å². The Morgan fingerprint density at radius 3 is 2.57 bits per heavy atom. The monoisotopic (exact) mass is 538 g/mol. The molecule has 1 unspecified atom stereocenters. The number of para-hydroxylation sites is 1. The third-order valence-corrected chi connectivity index (χ3v) is 6.09. The average Bonchev–Trinajstić information content (AvgIpc) is 3.38. The number of nitrogens with two attached hydrogens (primary N) is 1. The summed E-state index contributed by atoms with van der Waals surface area (Å²) in [4.78, 5) is 45.8. The third-order valence-electron chi connectivity index (χ3n) is 5.63. The van der Waals surface area contributed by atoms with Crippen LogP contribution in [0, 0.1) is 0 Å². The number of carbonyl (C=O) groups excluding carboxylic acids is 1. The predicted molar refractivity (Wildman–Crippen MR) is 121 cm³/mol. The van der Waals surface area contributed by atoms with Crippen molar-refractivity contribution in [3.8, 4) is 0 Å². The van der Waals surface area contributed by atoms with E-state index in [0.717, 1.165) is 16.5 Å². The number of benzene rings is 1. The van der Waals surface area contributed by atoms with Gasteiger partial charge in [-0.2, -0.15) is 4.57 Å². The fourth-order valence-corrected chi connectivity index (χ4v) is 4.06. The smallest absolute Gasteiger partial charge is 0.362 e. The van der Waals surface area contributed by atoms with Gasteiger partial charge in [0.05, 0.1) is 14.4 Å². The van der Waals surface area contributed by atoms with E-state index in [1.807, 2.05) is 30.5 Å². The van der Waals surface area contributed by atoms with Crippen molar-refractivity contribution in [1.29, 1.82) is 0 Å². The van der Waals surface area contributed by atoms with Gasteiger partial charge < -0.3 is 55.4 Å². The van der Waals surface area contributed by atoms with Gasteiger partial charge in [0.15, 0.2) is 24.5 Å². The molecule has 1 aliphatic heterocycles. The molecule has 0 bridgehead atoms. The zero-order valence-electron chi connectivity index (χ0n) is 19.4. The van der Waals surface area contributed by atoms with E-state index in [-0.39, 0.29) is 5.56 Å². The lowest BCUT2D eigenvalue weighted by atomic mass is 10.1. The predicted octanol–water partition coefficient (Wildman–Crippen LogP) is -3.06. The van der Waals surface area contributed by atoms with E-state index in [1.165, 1.54) is 29.1 Å². The lowest BCUT2D eigenvalue weighted by Crippen LogP contribution is -2.65. The standard InChI is InChI=1S/C11H15N2O8P.C11H12N2O2/c12-10(16)6-2-1-3-13(4-6)11-9(15)8(14)7(21-11)5-20-22(17,18)19;12-9(11(14)15)5-7-6-13-10-4-2-1-3-8(7)10/h1-4,7-9,11,14-15H,5H2,(H3-,12,16,17,18,19);1-4,6,9,13H,5,12H2,(H,14,15)/t7-,8-,9-,11-;/m1./s1. The van der Waals surface area contributed by atoms with Gasteiger partial charge in [-0.3, -0.25) is 4.79 Å². The number of phosphoric acid groups is 1. The van der Waals surface area contributed by atoms with E-state index in [4.69, 9.17) is 15.6 Å². The summed E-state index contributed by atoms with van der Waals surface area (Å²) in [6.45, 7) is -0.727. The number of quaternary nitrogens is 1. The second kappa shape index (κ2) is 11.9. The second-order valence-corrected chi connectivity index (χ2v) is 9.44. The molecule has 0 saturated carbocycles. The number of aromatic nitrogens is 2. The molecule has 14 nitrogen and oxygen atoms in total. The summed E-state index contributed by atoms with van der Waals surface area (Å²) in [5.41, 5.74) is 10.9. The van der Waals surface area contributed by atoms with Crippen LogP contribution in [-0.2, 0) is 25.0 Å². The van der Waals surface area contributed by atoms with Crippen molar-refractivity contribution in [3.05, 3.63) is 66.1 Å². The maximum absolute atomic E-state index is 11.1. The average molecular weight is 538 g/mol. The van der Waals surface area contributed by atoms with Gasteiger partial charge in [-0.15, -0.1) is 0 Å². The molecule has 0 radical (unpaired) electrons. The highest BCUT2D eigenvalue weighted by atomic mass is 31.2. The maximum atomic E-state index is 11.1. The minimum Gasteiger partial charge on any atom is -0.790 e. The van der Waals surface area contributed by atoms with Crippen LogP contribution in [0.25, 0.3) is 10.9 Å². The van der Waals surface area contributed by atoms with E-state index in [0.29, 0.717) is 6.42 Å². The Labute approximate surface area is 210 Å². The number of amides is 1. The number of ether oxygens (including phenoxy) is 1. The summed E-state index contributed by atoms with van der Waals surface area (Å²) < 4.78 is 21.1. The number of aliphatic carboxylic acids is 1. The summed E-state index contributed by atoms with van der Waals surface area (Å²) in [6.07, 6.45) is -0.131. The third kappa shape index (κ3) is 7.41. The number of rotatable bonds is 8. The van der Waals surface area contributed by atoms with Gasteiger partial charge >= 0.3 is 5.97 Å². The molecule has 37 heavy (non-hydrogen) atoms. The molecule has 1 saturated heterocycles. The quantitative estimate of drug-likeness (QED) is 0.125. The van der Waals surface area contributed by atoms with Crippen LogP contribution in [0.5, 0.6) is 0 Å². The van der Waals surface area contributed by atoms with Crippen LogP contribution in [0.3, 0.4) is 0 Å². The Bertz CT molecular complexity index is 1300. The van der Waals surface area contributed by atoms with E-state index in [2.05, 4.69) is 15.2 Å². The minimum absolute atomic E-state index is 0.149. The molecular weight excluding hydrogens is 511 g/mol. The Hall–Kier alpha value is -3.20. The lowest BCUT2D eigenvalue weighted by Gasteiger charge is -2.30. The number of carboxylic acids is 1. The SMILES string of the molecule is NC(=O)c1ccc[n+]([C@@H]2O[C@H](COP(=O)([O-])[O-])[C@@H](O)[C@H]2O)c1.[NH3+]C(Cc1c[nH]c2ccccc12)C(=O)O. The van der Waals surface area contributed by atoms with Crippen LogP contribution in [-0.4, -0.2) is 63.1 Å². The molecule has 1 aliphatic rings. The number of H-pyrrole nitrogens is 1. The normalized spacial score (nSPS) is 22.3. The molecule has 9 N–H and O–H groups in total. The number of aromatic amines is 1. The van der Waals surface area contributed by atoms with Crippen LogP contribution in [0.2, 0.25) is 0 Å². The zero-order valence-corrected chi connectivity index (χ0v) is 20.3. The number of aliphatic hydroxyl groups is 2. The number of carbonyl (C=O) groups is 2. The molecule has 3 heterocycles. The summed E-state index contributed by atoms with van der Waals surface area (Å²) >= 11 is 0. The number of hydrogen-bond donors (Lipinski definition) is 6. The molecule has 1 fully saturated rings. The Balaban J connectivity index is 0.000000220. The van der Waals surface area contributed by atoms with Crippen LogP contribution >= 0.6 is 7.82 Å². The Morgan fingerprint density at radius 2 is 1.92 bits per heavy atom. The van der Waals surface area contributed by atoms with E-state index < -0.39 is 56.9 Å². The number of carboxylic acid groups (broad SMARTS) is 1. The van der Waals surface area contributed by atoms with Crippen molar-refractivity contribution in [2.75, 3.05) is 6.61 Å². The first kappa shape index (κ1) is 28.4. The molecular formula is C22H27N4O10P. The van der Waals surface area contributed by atoms with Gasteiger partial charge in [0.25, 0.3) is 12.1 Å². The summed E-state index contributed by atoms with van der Waals surface area (Å²) in [5, 5.41) is 29.6. The molecule has 15 heteroatoms. The molecule has 5 atom stereocenters. The van der Waals surface area contributed by atoms with Crippen molar-refractivity contribution in [2.24, 2.45) is 5.73 Å². The Kier molecular flexibility index (Phi) is 9.12. The topological polar surface area (TPSA) is 250 Å². The van der Waals surface area contributed by atoms with Gasteiger partial charge in [-0.05, 0) is 17.7 Å². The van der Waals surface area contributed by atoms with Gasteiger partial charge in [0.2, 0.25) is 0 Å².